The van der Waals surface area contributed by atoms with Crippen LogP contribution in [0.15, 0.2) is 30.3 Å². The number of ketones is 1. The Labute approximate surface area is 127 Å². The zero-order valence-electron chi connectivity index (χ0n) is 13.3. The van der Waals surface area contributed by atoms with Crippen molar-refractivity contribution in [2.75, 3.05) is 5.73 Å². The molecule has 0 saturated carbocycles. The van der Waals surface area contributed by atoms with Crippen molar-refractivity contribution in [3.63, 3.8) is 0 Å². The summed E-state index contributed by atoms with van der Waals surface area (Å²) in [6.45, 7) is 8.18. The molecule has 21 heavy (non-hydrogen) atoms. The molecule has 0 atom stereocenters. The van der Waals surface area contributed by atoms with Crippen LogP contribution in [-0.4, -0.2) is 5.78 Å². The van der Waals surface area contributed by atoms with Crippen LogP contribution in [0.2, 0.25) is 0 Å². The first kappa shape index (κ1) is 15.3. The van der Waals surface area contributed by atoms with Crippen LogP contribution in [-0.2, 0) is 12.8 Å². The number of benzene rings is 2. The number of hydrogen-bond acceptors (Lipinski definition) is 2. The van der Waals surface area contributed by atoms with E-state index in [2.05, 4.69) is 19.9 Å². The molecule has 0 aromatic heterocycles. The summed E-state index contributed by atoms with van der Waals surface area (Å²) in [7, 11) is 0. The van der Waals surface area contributed by atoms with Crippen molar-refractivity contribution in [2.45, 2.75) is 40.5 Å². The lowest BCUT2D eigenvalue weighted by Crippen LogP contribution is -2.07. The molecule has 0 aliphatic carbocycles. The first-order valence-electron chi connectivity index (χ1n) is 7.51. The second-order valence-corrected chi connectivity index (χ2v) is 5.54. The standard InChI is InChI=1S/C19H23NO/c1-5-14-7-8-16(10-15(14)6-2)19(21)17-11-18(20)13(4)9-12(17)3/h7-11H,5-6,20H2,1-4H3. The fourth-order valence-corrected chi connectivity index (χ4v) is 2.71. The summed E-state index contributed by atoms with van der Waals surface area (Å²) in [6.07, 6.45) is 1.94. The molecule has 0 unspecified atom stereocenters. The second kappa shape index (κ2) is 6.13. The first-order chi connectivity index (χ1) is 9.97. The average Bonchev–Trinajstić information content (AvgIpc) is 2.49. The Balaban J connectivity index is 2.47. The maximum absolute atomic E-state index is 12.7. The van der Waals surface area contributed by atoms with Crippen LogP contribution >= 0.6 is 0 Å². The van der Waals surface area contributed by atoms with E-state index in [0.29, 0.717) is 11.3 Å². The zero-order valence-corrected chi connectivity index (χ0v) is 13.3. The van der Waals surface area contributed by atoms with E-state index >= 15 is 0 Å². The molecule has 0 fully saturated rings. The molecular weight excluding hydrogens is 258 g/mol. The van der Waals surface area contributed by atoms with Gasteiger partial charge in [-0.2, -0.15) is 0 Å². The molecule has 0 aliphatic heterocycles. The first-order valence-corrected chi connectivity index (χ1v) is 7.51. The number of nitrogen functional groups attached to an aromatic ring is 1. The summed E-state index contributed by atoms with van der Waals surface area (Å²) in [6, 6.07) is 9.79. The molecule has 2 nitrogen and oxygen atoms in total. The van der Waals surface area contributed by atoms with Crippen molar-refractivity contribution in [1.29, 1.82) is 0 Å². The van der Waals surface area contributed by atoms with Crippen molar-refractivity contribution in [3.05, 3.63) is 63.7 Å². The van der Waals surface area contributed by atoms with E-state index in [1.165, 1.54) is 11.1 Å². The molecule has 0 aliphatic rings. The summed E-state index contributed by atoms with van der Waals surface area (Å²) in [4.78, 5) is 12.7. The third-order valence-electron chi connectivity index (χ3n) is 4.09. The van der Waals surface area contributed by atoms with E-state index in [4.69, 9.17) is 5.73 Å². The summed E-state index contributed by atoms with van der Waals surface area (Å²) in [5.74, 6) is 0.0524. The van der Waals surface area contributed by atoms with Gasteiger partial charge in [0.1, 0.15) is 0 Å². The predicted molar refractivity (Wildman–Crippen MR) is 89.0 cm³/mol. The van der Waals surface area contributed by atoms with Crippen LogP contribution in [0.1, 0.15) is 52.0 Å². The molecule has 2 N–H and O–H groups in total. The molecule has 0 radical (unpaired) electrons. The van der Waals surface area contributed by atoms with Crippen LogP contribution in [0.25, 0.3) is 0 Å². The molecule has 0 spiro atoms. The minimum atomic E-state index is 0.0524. The van der Waals surface area contributed by atoms with Crippen molar-refractivity contribution < 1.29 is 4.79 Å². The van der Waals surface area contributed by atoms with Gasteiger partial charge in [-0.15, -0.1) is 0 Å². The van der Waals surface area contributed by atoms with E-state index < -0.39 is 0 Å². The minimum absolute atomic E-state index is 0.0524. The van der Waals surface area contributed by atoms with E-state index in [1.54, 1.807) is 6.07 Å². The van der Waals surface area contributed by atoms with Crippen LogP contribution in [0.3, 0.4) is 0 Å². The number of rotatable bonds is 4. The third-order valence-corrected chi connectivity index (χ3v) is 4.09. The fraction of sp³-hybridized carbons (Fsp3) is 0.316. The maximum atomic E-state index is 12.7. The van der Waals surface area contributed by atoms with E-state index in [-0.39, 0.29) is 5.78 Å². The highest BCUT2D eigenvalue weighted by molar-refractivity contribution is 6.10. The van der Waals surface area contributed by atoms with Crippen LogP contribution < -0.4 is 5.73 Å². The number of hydrogen-bond donors (Lipinski definition) is 1. The van der Waals surface area contributed by atoms with Crippen molar-refractivity contribution in [3.8, 4) is 0 Å². The van der Waals surface area contributed by atoms with Crippen molar-refractivity contribution >= 4 is 11.5 Å². The summed E-state index contributed by atoms with van der Waals surface area (Å²) in [5.41, 5.74) is 12.6. The van der Waals surface area contributed by atoms with Gasteiger partial charge in [0, 0.05) is 16.8 Å². The smallest absolute Gasteiger partial charge is 0.193 e. The zero-order chi connectivity index (χ0) is 15.6. The van der Waals surface area contributed by atoms with Crippen molar-refractivity contribution in [2.24, 2.45) is 0 Å². The van der Waals surface area contributed by atoms with Crippen molar-refractivity contribution in [1.82, 2.24) is 0 Å². The van der Waals surface area contributed by atoms with Gasteiger partial charge in [0.05, 0.1) is 0 Å². The lowest BCUT2D eigenvalue weighted by Gasteiger charge is -2.11. The molecule has 2 rings (SSSR count). The number of anilines is 1. The van der Waals surface area contributed by atoms with E-state index in [0.717, 1.165) is 29.5 Å². The van der Waals surface area contributed by atoms with Gasteiger partial charge < -0.3 is 5.73 Å². The molecule has 2 aromatic rings. The van der Waals surface area contributed by atoms with Gasteiger partial charge >= 0.3 is 0 Å². The van der Waals surface area contributed by atoms with Gasteiger partial charge in [0.15, 0.2) is 5.78 Å². The van der Waals surface area contributed by atoms with E-state index in [1.807, 2.05) is 32.0 Å². The maximum Gasteiger partial charge on any atom is 0.193 e. The molecule has 110 valence electrons. The number of nitrogens with two attached hydrogens (primary N) is 1. The lowest BCUT2D eigenvalue weighted by atomic mass is 9.93. The normalized spacial score (nSPS) is 10.7. The van der Waals surface area contributed by atoms with Gasteiger partial charge in [-0.05, 0) is 61.1 Å². The highest BCUT2D eigenvalue weighted by atomic mass is 16.1. The predicted octanol–water partition coefficient (Wildman–Crippen LogP) is 4.24. The number of carbonyl (C=O) groups excluding carboxylic acids is 1. The van der Waals surface area contributed by atoms with Gasteiger partial charge in [-0.25, -0.2) is 0 Å². The molecule has 2 heteroatoms. The minimum Gasteiger partial charge on any atom is -0.398 e. The molecule has 0 amide bonds. The highest BCUT2D eigenvalue weighted by Crippen LogP contribution is 2.22. The van der Waals surface area contributed by atoms with Gasteiger partial charge in [-0.3, -0.25) is 4.79 Å². The summed E-state index contributed by atoms with van der Waals surface area (Å²) >= 11 is 0. The summed E-state index contributed by atoms with van der Waals surface area (Å²) < 4.78 is 0. The van der Waals surface area contributed by atoms with Gasteiger partial charge in [0.2, 0.25) is 0 Å². The Morgan fingerprint density at radius 1 is 0.952 bits per heavy atom. The Morgan fingerprint density at radius 2 is 1.62 bits per heavy atom. The lowest BCUT2D eigenvalue weighted by molar-refractivity contribution is 0.103. The Kier molecular flexibility index (Phi) is 4.46. The fourth-order valence-electron chi connectivity index (χ4n) is 2.71. The highest BCUT2D eigenvalue weighted by Gasteiger charge is 2.14. The Morgan fingerprint density at radius 3 is 2.24 bits per heavy atom. The second-order valence-electron chi connectivity index (χ2n) is 5.54. The van der Waals surface area contributed by atoms with Crippen LogP contribution in [0.4, 0.5) is 5.69 Å². The Bertz CT molecular complexity index is 686. The average molecular weight is 281 g/mol. The van der Waals surface area contributed by atoms with Crippen LogP contribution in [0, 0.1) is 13.8 Å². The molecule has 0 heterocycles. The largest absolute Gasteiger partial charge is 0.398 e. The quantitative estimate of drug-likeness (QED) is 0.673. The SMILES string of the molecule is CCc1ccc(C(=O)c2cc(N)c(C)cc2C)cc1CC. The third kappa shape index (κ3) is 2.99. The number of carbonyl (C=O) groups is 1. The van der Waals surface area contributed by atoms with E-state index in [9.17, 15) is 4.79 Å². The molecule has 2 aromatic carbocycles. The Hall–Kier alpha value is -2.09. The monoisotopic (exact) mass is 281 g/mol. The number of aryl methyl sites for hydroxylation is 4. The van der Waals surface area contributed by atoms with Crippen LogP contribution in [0.5, 0.6) is 0 Å². The molecule has 0 bridgehead atoms. The van der Waals surface area contributed by atoms with Gasteiger partial charge in [-0.1, -0.05) is 32.0 Å². The topological polar surface area (TPSA) is 43.1 Å². The molecule has 0 saturated heterocycles. The summed E-state index contributed by atoms with van der Waals surface area (Å²) in [5, 5.41) is 0. The molecular formula is C19H23NO. The van der Waals surface area contributed by atoms with Gasteiger partial charge in [0.25, 0.3) is 0 Å².